The van der Waals surface area contributed by atoms with Gasteiger partial charge in [0.1, 0.15) is 0 Å². The Morgan fingerprint density at radius 3 is 2.56 bits per heavy atom. The number of hydrogen-bond acceptors (Lipinski definition) is 2. The molecule has 3 nitrogen and oxygen atoms in total. The van der Waals surface area contributed by atoms with Gasteiger partial charge in [0.2, 0.25) is 5.91 Å². The average molecular weight is 254 g/mol. The highest BCUT2D eigenvalue weighted by Crippen LogP contribution is 2.25. The van der Waals surface area contributed by atoms with E-state index in [1.165, 1.54) is 38.5 Å². The van der Waals surface area contributed by atoms with Crippen molar-refractivity contribution >= 4 is 5.91 Å². The first-order valence-electron chi connectivity index (χ1n) is 7.66. The fourth-order valence-electron chi connectivity index (χ4n) is 2.52. The Morgan fingerprint density at radius 1 is 1.17 bits per heavy atom. The van der Waals surface area contributed by atoms with E-state index in [0.717, 1.165) is 25.6 Å². The van der Waals surface area contributed by atoms with Gasteiger partial charge >= 0.3 is 0 Å². The second kappa shape index (κ2) is 9.37. The molecule has 0 atom stereocenters. The van der Waals surface area contributed by atoms with Crippen molar-refractivity contribution in [1.29, 1.82) is 0 Å². The number of nitrogens with one attached hydrogen (secondary N) is 2. The van der Waals surface area contributed by atoms with Crippen LogP contribution in [0.3, 0.4) is 0 Å². The van der Waals surface area contributed by atoms with Crippen molar-refractivity contribution in [3.05, 3.63) is 0 Å². The molecule has 1 rings (SSSR count). The van der Waals surface area contributed by atoms with E-state index in [2.05, 4.69) is 24.5 Å². The second-order valence-electron chi connectivity index (χ2n) is 5.99. The second-order valence-corrected chi connectivity index (χ2v) is 5.99. The molecule has 0 aliphatic heterocycles. The summed E-state index contributed by atoms with van der Waals surface area (Å²) in [7, 11) is 0. The molecule has 0 bridgehead atoms. The predicted octanol–water partition coefficient (Wildman–Crippen LogP) is 2.71. The molecule has 106 valence electrons. The third kappa shape index (κ3) is 7.70. The normalized spacial score (nSPS) is 17.1. The summed E-state index contributed by atoms with van der Waals surface area (Å²) in [5.41, 5.74) is 0. The summed E-state index contributed by atoms with van der Waals surface area (Å²) in [6.07, 6.45) is 8.99. The van der Waals surface area contributed by atoms with Crippen LogP contribution in [0.25, 0.3) is 0 Å². The van der Waals surface area contributed by atoms with Crippen LogP contribution in [0.1, 0.15) is 58.8 Å². The van der Waals surface area contributed by atoms with Gasteiger partial charge < -0.3 is 10.6 Å². The summed E-state index contributed by atoms with van der Waals surface area (Å²) >= 11 is 0. The Labute approximate surface area is 112 Å². The third-order valence-electron chi connectivity index (χ3n) is 3.69. The van der Waals surface area contributed by atoms with Crippen molar-refractivity contribution < 1.29 is 4.79 Å². The van der Waals surface area contributed by atoms with E-state index in [0.29, 0.717) is 12.3 Å². The largest absolute Gasteiger partial charge is 0.356 e. The summed E-state index contributed by atoms with van der Waals surface area (Å²) in [6, 6.07) is 0. The molecule has 0 heterocycles. The molecule has 1 saturated carbocycles. The number of carbonyl (C=O) groups excluding carboxylic acids is 1. The molecule has 0 aromatic carbocycles. The zero-order valence-electron chi connectivity index (χ0n) is 12.1. The van der Waals surface area contributed by atoms with Gasteiger partial charge in [0.15, 0.2) is 0 Å². The smallest absolute Gasteiger partial charge is 0.221 e. The molecular weight excluding hydrogens is 224 g/mol. The minimum absolute atomic E-state index is 0.175. The molecule has 0 saturated heterocycles. The maximum Gasteiger partial charge on any atom is 0.221 e. The zero-order chi connectivity index (χ0) is 13.2. The Kier molecular flexibility index (Phi) is 8.06. The number of hydrogen-bond donors (Lipinski definition) is 2. The molecule has 0 radical (unpaired) electrons. The van der Waals surface area contributed by atoms with Gasteiger partial charge in [-0.3, -0.25) is 4.79 Å². The Hall–Kier alpha value is -0.570. The third-order valence-corrected chi connectivity index (χ3v) is 3.69. The van der Waals surface area contributed by atoms with Gasteiger partial charge in [-0.15, -0.1) is 0 Å². The molecule has 0 aromatic rings. The molecule has 0 aromatic heterocycles. The Morgan fingerprint density at radius 2 is 1.89 bits per heavy atom. The lowest BCUT2D eigenvalue weighted by molar-refractivity contribution is -0.121. The van der Waals surface area contributed by atoms with Gasteiger partial charge in [-0.05, 0) is 24.8 Å². The van der Waals surface area contributed by atoms with Crippen LogP contribution in [0.4, 0.5) is 0 Å². The van der Waals surface area contributed by atoms with E-state index in [1.807, 2.05) is 0 Å². The summed E-state index contributed by atoms with van der Waals surface area (Å²) in [5, 5.41) is 6.33. The van der Waals surface area contributed by atoms with Crippen molar-refractivity contribution in [2.75, 3.05) is 19.6 Å². The highest BCUT2D eigenvalue weighted by Gasteiger charge is 2.12. The van der Waals surface area contributed by atoms with E-state index in [9.17, 15) is 4.79 Å². The fraction of sp³-hybridized carbons (Fsp3) is 0.933. The highest BCUT2D eigenvalue weighted by molar-refractivity contribution is 5.76. The molecule has 0 unspecified atom stereocenters. The SMILES string of the molecule is CC(C)CNC(=O)CCNCCC1CCCCC1. The standard InChI is InChI=1S/C15H30N2O/c1-13(2)12-17-15(18)9-11-16-10-8-14-6-4-3-5-7-14/h13-14,16H,3-12H2,1-2H3,(H,17,18). The van der Waals surface area contributed by atoms with Crippen molar-refractivity contribution in [1.82, 2.24) is 10.6 Å². The maximum atomic E-state index is 11.5. The van der Waals surface area contributed by atoms with Crippen LogP contribution in [0, 0.1) is 11.8 Å². The van der Waals surface area contributed by atoms with Gasteiger partial charge in [0, 0.05) is 19.5 Å². The van der Waals surface area contributed by atoms with E-state index >= 15 is 0 Å². The lowest BCUT2D eigenvalue weighted by atomic mass is 9.87. The molecule has 18 heavy (non-hydrogen) atoms. The maximum absolute atomic E-state index is 11.5. The van der Waals surface area contributed by atoms with Crippen LogP contribution in [0.2, 0.25) is 0 Å². The molecular formula is C15H30N2O. The molecule has 3 heteroatoms. The van der Waals surface area contributed by atoms with Crippen LogP contribution < -0.4 is 10.6 Å². The van der Waals surface area contributed by atoms with Crippen LogP contribution in [-0.4, -0.2) is 25.5 Å². The van der Waals surface area contributed by atoms with E-state index in [1.54, 1.807) is 0 Å². The minimum Gasteiger partial charge on any atom is -0.356 e. The number of carbonyl (C=O) groups is 1. The van der Waals surface area contributed by atoms with Crippen molar-refractivity contribution in [2.45, 2.75) is 58.8 Å². The summed E-state index contributed by atoms with van der Waals surface area (Å²) in [6.45, 7) is 6.91. The highest BCUT2D eigenvalue weighted by atomic mass is 16.1. The lowest BCUT2D eigenvalue weighted by Gasteiger charge is -2.21. The van der Waals surface area contributed by atoms with Gasteiger partial charge in [-0.1, -0.05) is 46.0 Å². The Bertz CT molecular complexity index is 223. The van der Waals surface area contributed by atoms with Gasteiger partial charge in [-0.25, -0.2) is 0 Å². The quantitative estimate of drug-likeness (QED) is 0.654. The average Bonchev–Trinajstić information content (AvgIpc) is 2.37. The van der Waals surface area contributed by atoms with Crippen LogP contribution in [-0.2, 0) is 4.79 Å². The van der Waals surface area contributed by atoms with Gasteiger partial charge in [0.25, 0.3) is 0 Å². The molecule has 1 fully saturated rings. The molecule has 0 spiro atoms. The van der Waals surface area contributed by atoms with E-state index in [4.69, 9.17) is 0 Å². The first-order valence-corrected chi connectivity index (χ1v) is 7.66. The molecule has 1 amide bonds. The summed E-state index contributed by atoms with van der Waals surface area (Å²) in [5.74, 6) is 1.64. The van der Waals surface area contributed by atoms with Crippen molar-refractivity contribution in [2.24, 2.45) is 11.8 Å². The molecule has 1 aliphatic carbocycles. The van der Waals surface area contributed by atoms with Crippen LogP contribution in [0.15, 0.2) is 0 Å². The predicted molar refractivity (Wildman–Crippen MR) is 76.5 cm³/mol. The number of amides is 1. The lowest BCUT2D eigenvalue weighted by Crippen LogP contribution is -2.30. The van der Waals surface area contributed by atoms with Gasteiger partial charge in [-0.2, -0.15) is 0 Å². The topological polar surface area (TPSA) is 41.1 Å². The van der Waals surface area contributed by atoms with E-state index < -0.39 is 0 Å². The fourth-order valence-corrected chi connectivity index (χ4v) is 2.52. The Balaban J connectivity index is 1.89. The van der Waals surface area contributed by atoms with Crippen molar-refractivity contribution in [3.8, 4) is 0 Å². The summed E-state index contributed by atoms with van der Waals surface area (Å²) < 4.78 is 0. The number of rotatable bonds is 8. The summed E-state index contributed by atoms with van der Waals surface area (Å²) in [4.78, 5) is 11.5. The first kappa shape index (κ1) is 15.5. The monoisotopic (exact) mass is 254 g/mol. The first-order chi connectivity index (χ1) is 8.68. The van der Waals surface area contributed by atoms with Crippen LogP contribution >= 0.6 is 0 Å². The van der Waals surface area contributed by atoms with Gasteiger partial charge in [0.05, 0.1) is 0 Å². The van der Waals surface area contributed by atoms with E-state index in [-0.39, 0.29) is 5.91 Å². The molecule has 1 aliphatic rings. The minimum atomic E-state index is 0.175. The molecule has 2 N–H and O–H groups in total. The van der Waals surface area contributed by atoms with Crippen LogP contribution in [0.5, 0.6) is 0 Å². The van der Waals surface area contributed by atoms with Crippen molar-refractivity contribution in [3.63, 3.8) is 0 Å². The zero-order valence-corrected chi connectivity index (χ0v) is 12.1.